The van der Waals surface area contributed by atoms with Crippen molar-refractivity contribution in [3.8, 4) is 0 Å². The molecule has 4 nitrogen and oxygen atoms in total. The van der Waals surface area contributed by atoms with Crippen molar-refractivity contribution in [2.45, 2.75) is 6.92 Å². The summed E-state index contributed by atoms with van der Waals surface area (Å²) in [5.74, 6) is 0.412. The predicted octanol–water partition coefficient (Wildman–Crippen LogP) is 0.716. The van der Waals surface area contributed by atoms with E-state index >= 15 is 0 Å². The van der Waals surface area contributed by atoms with Crippen molar-refractivity contribution in [2.75, 3.05) is 11.5 Å². The van der Waals surface area contributed by atoms with Gasteiger partial charge in [-0.15, -0.1) is 0 Å². The number of anilines is 2. The number of hydrogen-bond donors (Lipinski definition) is 3. The van der Waals surface area contributed by atoms with Gasteiger partial charge in [0.05, 0.1) is 5.69 Å². The molecule has 0 aromatic carbocycles. The SMILES string of the molecule is Cc1ccnc(N)c1N.N. The Labute approximate surface area is 59.8 Å². The minimum Gasteiger partial charge on any atom is -0.396 e. The molecule has 0 spiro atoms. The maximum atomic E-state index is 5.49. The van der Waals surface area contributed by atoms with Crippen molar-refractivity contribution >= 4 is 11.5 Å². The molecule has 0 bridgehead atoms. The number of nitrogens with two attached hydrogens (primary N) is 2. The van der Waals surface area contributed by atoms with Crippen LogP contribution in [-0.2, 0) is 0 Å². The number of nitrogens with zero attached hydrogens (tertiary/aromatic N) is 1. The molecule has 0 aliphatic rings. The summed E-state index contributed by atoms with van der Waals surface area (Å²) in [5, 5.41) is 0. The summed E-state index contributed by atoms with van der Waals surface area (Å²) in [7, 11) is 0. The normalized spacial score (nSPS) is 8.50. The molecule has 0 amide bonds. The zero-order chi connectivity index (χ0) is 6.85. The lowest BCUT2D eigenvalue weighted by Gasteiger charge is -1.99. The smallest absolute Gasteiger partial charge is 0.146 e. The van der Waals surface area contributed by atoms with Gasteiger partial charge in [0, 0.05) is 6.20 Å². The van der Waals surface area contributed by atoms with Crippen LogP contribution in [0.4, 0.5) is 11.5 Å². The molecule has 0 saturated carbocycles. The van der Waals surface area contributed by atoms with E-state index in [2.05, 4.69) is 4.98 Å². The average molecular weight is 140 g/mol. The second-order valence-electron chi connectivity index (χ2n) is 1.93. The third-order valence-electron chi connectivity index (χ3n) is 1.24. The Hall–Kier alpha value is -1.29. The standard InChI is InChI=1S/C6H9N3.H3N/c1-4-2-3-9-6(8)5(4)7;/h2-3H,7H2,1H3,(H2,8,9);1H3. The van der Waals surface area contributed by atoms with E-state index in [1.165, 1.54) is 0 Å². The van der Waals surface area contributed by atoms with Crippen molar-refractivity contribution in [2.24, 2.45) is 0 Å². The Morgan fingerprint density at radius 2 is 2.00 bits per heavy atom. The number of aromatic nitrogens is 1. The third kappa shape index (κ3) is 1.35. The molecule has 0 fully saturated rings. The molecule has 1 aromatic heterocycles. The highest BCUT2D eigenvalue weighted by atomic mass is 14.9. The molecule has 1 aromatic rings. The molecular weight excluding hydrogens is 128 g/mol. The van der Waals surface area contributed by atoms with Gasteiger partial charge in [-0.2, -0.15) is 0 Å². The first-order valence-electron chi connectivity index (χ1n) is 2.68. The van der Waals surface area contributed by atoms with Gasteiger partial charge in [-0.05, 0) is 18.6 Å². The number of pyridine rings is 1. The molecule has 1 heterocycles. The molecule has 1 rings (SSSR count). The summed E-state index contributed by atoms with van der Waals surface area (Å²) >= 11 is 0. The van der Waals surface area contributed by atoms with E-state index in [0.717, 1.165) is 5.56 Å². The highest BCUT2D eigenvalue weighted by Crippen LogP contribution is 2.13. The Morgan fingerprint density at radius 1 is 1.40 bits per heavy atom. The van der Waals surface area contributed by atoms with Crippen molar-refractivity contribution in [3.63, 3.8) is 0 Å². The van der Waals surface area contributed by atoms with Gasteiger partial charge in [-0.25, -0.2) is 4.98 Å². The van der Waals surface area contributed by atoms with Crippen LogP contribution in [-0.4, -0.2) is 4.98 Å². The molecule has 7 N–H and O–H groups in total. The lowest BCUT2D eigenvalue weighted by atomic mass is 10.2. The zero-order valence-electron chi connectivity index (χ0n) is 5.96. The van der Waals surface area contributed by atoms with Crippen molar-refractivity contribution in [3.05, 3.63) is 17.8 Å². The first kappa shape index (κ1) is 8.71. The maximum absolute atomic E-state index is 5.49. The Bertz CT molecular complexity index is 201. The summed E-state index contributed by atoms with van der Waals surface area (Å²) < 4.78 is 0. The predicted molar refractivity (Wildman–Crippen MR) is 42.8 cm³/mol. The van der Waals surface area contributed by atoms with Crippen molar-refractivity contribution in [1.82, 2.24) is 11.1 Å². The van der Waals surface area contributed by atoms with Crippen LogP contribution in [0.2, 0.25) is 0 Å². The molecule has 0 saturated heterocycles. The van der Waals surface area contributed by atoms with Crippen LogP contribution < -0.4 is 17.6 Å². The van der Waals surface area contributed by atoms with Gasteiger partial charge in [-0.3, -0.25) is 0 Å². The minimum atomic E-state index is 0. The fourth-order valence-corrected chi connectivity index (χ4v) is 0.591. The van der Waals surface area contributed by atoms with Gasteiger partial charge in [-0.1, -0.05) is 0 Å². The Kier molecular flexibility index (Phi) is 2.64. The summed E-state index contributed by atoms with van der Waals surface area (Å²) in [6, 6.07) is 1.83. The number of rotatable bonds is 0. The van der Waals surface area contributed by atoms with Crippen molar-refractivity contribution < 1.29 is 0 Å². The molecule has 0 radical (unpaired) electrons. The minimum absolute atomic E-state index is 0. The molecule has 0 aliphatic heterocycles. The molecule has 10 heavy (non-hydrogen) atoms. The first-order chi connectivity index (χ1) is 4.22. The quantitative estimate of drug-likeness (QED) is 0.494. The molecule has 56 valence electrons. The summed E-state index contributed by atoms with van der Waals surface area (Å²) in [4.78, 5) is 3.79. The van der Waals surface area contributed by atoms with E-state index in [1.54, 1.807) is 6.20 Å². The van der Waals surface area contributed by atoms with Gasteiger partial charge in [0.2, 0.25) is 0 Å². The third-order valence-corrected chi connectivity index (χ3v) is 1.24. The van der Waals surface area contributed by atoms with Crippen LogP contribution in [0, 0.1) is 6.92 Å². The molecule has 0 atom stereocenters. The largest absolute Gasteiger partial charge is 0.396 e. The number of nitrogen functional groups attached to an aromatic ring is 2. The van der Waals surface area contributed by atoms with Gasteiger partial charge in [0.15, 0.2) is 0 Å². The number of aryl methyl sites for hydroxylation is 1. The van der Waals surface area contributed by atoms with E-state index in [1.807, 2.05) is 13.0 Å². The van der Waals surface area contributed by atoms with E-state index in [4.69, 9.17) is 11.5 Å². The van der Waals surface area contributed by atoms with Crippen LogP contribution in [0.15, 0.2) is 12.3 Å². The molecule has 4 heteroatoms. The van der Waals surface area contributed by atoms with Crippen LogP contribution >= 0.6 is 0 Å². The van der Waals surface area contributed by atoms with Crippen LogP contribution in [0.25, 0.3) is 0 Å². The van der Waals surface area contributed by atoms with Gasteiger partial charge in [0.1, 0.15) is 5.82 Å². The highest BCUT2D eigenvalue weighted by molar-refractivity contribution is 5.61. The second-order valence-corrected chi connectivity index (χ2v) is 1.93. The fourth-order valence-electron chi connectivity index (χ4n) is 0.591. The lowest BCUT2D eigenvalue weighted by Crippen LogP contribution is -1.98. The van der Waals surface area contributed by atoms with Crippen LogP contribution in [0.1, 0.15) is 5.56 Å². The molecule has 0 aliphatic carbocycles. The van der Waals surface area contributed by atoms with Crippen LogP contribution in [0.5, 0.6) is 0 Å². The summed E-state index contributed by atoms with van der Waals surface area (Å²) in [6.07, 6.45) is 1.64. The average Bonchev–Trinajstić information content (AvgIpc) is 1.83. The first-order valence-corrected chi connectivity index (χ1v) is 2.68. The Morgan fingerprint density at radius 3 is 2.40 bits per heavy atom. The van der Waals surface area contributed by atoms with Gasteiger partial charge in [0.25, 0.3) is 0 Å². The highest BCUT2D eigenvalue weighted by Gasteiger charge is 1.95. The van der Waals surface area contributed by atoms with Crippen LogP contribution in [0.3, 0.4) is 0 Å². The summed E-state index contributed by atoms with van der Waals surface area (Å²) in [5.41, 5.74) is 12.4. The lowest BCUT2D eigenvalue weighted by molar-refractivity contribution is 1.30. The van der Waals surface area contributed by atoms with E-state index in [9.17, 15) is 0 Å². The summed E-state index contributed by atoms with van der Waals surface area (Å²) in [6.45, 7) is 1.90. The van der Waals surface area contributed by atoms with Crippen molar-refractivity contribution in [1.29, 1.82) is 0 Å². The number of hydrogen-bond acceptors (Lipinski definition) is 4. The zero-order valence-corrected chi connectivity index (χ0v) is 5.96. The monoisotopic (exact) mass is 140 g/mol. The molecular formula is C6H12N4. The van der Waals surface area contributed by atoms with Gasteiger partial charge < -0.3 is 17.6 Å². The van der Waals surface area contributed by atoms with E-state index in [-0.39, 0.29) is 6.15 Å². The maximum Gasteiger partial charge on any atom is 0.146 e. The molecule has 0 unspecified atom stereocenters. The van der Waals surface area contributed by atoms with Gasteiger partial charge >= 0.3 is 0 Å². The van der Waals surface area contributed by atoms with E-state index < -0.39 is 0 Å². The fraction of sp³-hybridized carbons (Fsp3) is 0.167. The topological polar surface area (TPSA) is 99.9 Å². The Balaban J connectivity index is 0.000000810. The van der Waals surface area contributed by atoms with E-state index in [0.29, 0.717) is 11.5 Å². The second kappa shape index (κ2) is 3.03.